The van der Waals surface area contributed by atoms with E-state index in [0.717, 1.165) is 11.3 Å². The number of aliphatic carboxylic acids is 1. The molecule has 5 nitrogen and oxygen atoms in total. The first-order valence-electron chi connectivity index (χ1n) is 8.60. The van der Waals surface area contributed by atoms with Crippen molar-refractivity contribution in [2.24, 2.45) is 0 Å². The van der Waals surface area contributed by atoms with Crippen molar-refractivity contribution in [2.45, 2.75) is 53.0 Å². The summed E-state index contributed by atoms with van der Waals surface area (Å²) < 4.78 is 0. The van der Waals surface area contributed by atoms with Crippen molar-refractivity contribution in [3.63, 3.8) is 0 Å². The van der Waals surface area contributed by atoms with E-state index in [2.05, 4.69) is 5.43 Å². The van der Waals surface area contributed by atoms with Gasteiger partial charge in [-0.1, -0.05) is 53.7 Å². The molecule has 0 aliphatic carbocycles. The Morgan fingerprint density at radius 1 is 1.08 bits per heavy atom. The normalized spacial score (nSPS) is 11.8. The molecule has 0 aliphatic heterocycles. The average Bonchev–Trinajstić information content (AvgIpc) is 2.49. The molecule has 0 saturated carbocycles. The van der Waals surface area contributed by atoms with Crippen molar-refractivity contribution in [2.75, 3.05) is 33.6 Å². The minimum absolute atomic E-state index is 0.501. The third-order valence-corrected chi connectivity index (χ3v) is 3.39. The van der Waals surface area contributed by atoms with E-state index in [9.17, 15) is 9.90 Å². The number of nitrogens with one attached hydrogen (secondary N) is 1. The molecule has 0 aromatic heterocycles. The van der Waals surface area contributed by atoms with Crippen LogP contribution in [0.3, 0.4) is 0 Å². The number of carboxylic acid groups (broad SMARTS) is 1. The van der Waals surface area contributed by atoms with Crippen molar-refractivity contribution >= 4 is 11.7 Å². The molecule has 0 bridgehead atoms. The van der Waals surface area contributed by atoms with Gasteiger partial charge < -0.3 is 10.5 Å². The molecule has 0 aliphatic rings. The van der Waals surface area contributed by atoms with Crippen LogP contribution in [0.15, 0.2) is 24.3 Å². The fourth-order valence-corrected chi connectivity index (χ4v) is 2.58. The second-order valence-electron chi connectivity index (χ2n) is 6.01. The van der Waals surface area contributed by atoms with Gasteiger partial charge in [-0.2, -0.15) is 0 Å². The highest BCUT2D eigenvalue weighted by Gasteiger charge is 2.38. The third-order valence-electron chi connectivity index (χ3n) is 3.39. The first-order chi connectivity index (χ1) is 11.2. The molecule has 2 N–H and O–H groups in total. The summed E-state index contributed by atoms with van der Waals surface area (Å²) >= 11 is 0. The van der Waals surface area contributed by atoms with E-state index >= 15 is 0 Å². The van der Waals surface area contributed by atoms with Crippen LogP contribution in [-0.2, 0) is 10.2 Å². The molecule has 140 valence electrons. The summed E-state index contributed by atoms with van der Waals surface area (Å²) in [5, 5.41) is 11.3. The van der Waals surface area contributed by atoms with E-state index in [4.69, 9.17) is 0 Å². The smallest absolute Gasteiger partial charge is 0.321 e. The van der Waals surface area contributed by atoms with E-state index in [1.807, 2.05) is 84.9 Å². The quantitative estimate of drug-likeness (QED) is 0.769. The molecule has 1 aromatic carbocycles. The van der Waals surface area contributed by atoms with Crippen LogP contribution < -0.4 is 5.43 Å². The van der Waals surface area contributed by atoms with Crippen molar-refractivity contribution in [3.8, 4) is 0 Å². The molecule has 1 unspecified atom stereocenters. The minimum Gasteiger partial charge on any atom is -0.480 e. The largest absolute Gasteiger partial charge is 0.480 e. The van der Waals surface area contributed by atoms with Gasteiger partial charge in [-0.25, -0.2) is 5.01 Å². The highest BCUT2D eigenvalue weighted by atomic mass is 16.4. The van der Waals surface area contributed by atoms with Crippen molar-refractivity contribution in [1.82, 2.24) is 9.91 Å². The Hall–Kier alpha value is -1.59. The first-order valence-corrected chi connectivity index (χ1v) is 8.60. The average molecular weight is 340 g/mol. The second-order valence-corrected chi connectivity index (χ2v) is 6.01. The number of rotatable bonds is 6. The van der Waals surface area contributed by atoms with Crippen LogP contribution >= 0.6 is 0 Å². The summed E-state index contributed by atoms with van der Waals surface area (Å²) in [4.78, 5) is 13.3. The molecule has 0 saturated heterocycles. The number of benzene rings is 1. The Morgan fingerprint density at radius 3 is 1.96 bits per heavy atom. The Balaban J connectivity index is 0. The van der Waals surface area contributed by atoms with Gasteiger partial charge in [-0.15, -0.1) is 0 Å². The van der Waals surface area contributed by atoms with Crippen LogP contribution in [0.25, 0.3) is 0 Å². The lowest BCUT2D eigenvalue weighted by Crippen LogP contribution is -2.49. The number of likely N-dealkylation sites (N-methyl/N-ethyl adjacent to an activating group) is 1. The summed E-state index contributed by atoms with van der Waals surface area (Å²) in [5.41, 5.74) is 4.63. The maximum Gasteiger partial charge on any atom is 0.321 e. The maximum atomic E-state index is 11.6. The fourth-order valence-electron chi connectivity index (χ4n) is 2.58. The number of carbonyl (C=O) groups is 1. The highest BCUT2D eigenvalue weighted by Crippen LogP contribution is 2.31. The number of nitrogens with zero attached hydrogens (tertiary/aromatic N) is 2. The van der Waals surface area contributed by atoms with Crippen LogP contribution in [0.5, 0.6) is 0 Å². The predicted molar refractivity (Wildman–Crippen MR) is 105 cm³/mol. The second kappa shape index (κ2) is 11.9. The lowest BCUT2D eigenvalue weighted by Gasteiger charge is -2.36. The molecule has 1 aromatic rings. The third kappa shape index (κ3) is 7.32. The molecule has 24 heavy (non-hydrogen) atoms. The maximum absolute atomic E-state index is 11.6. The molecular weight excluding hydrogens is 302 g/mol. The Kier molecular flexibility index (Phi) is 12.2. The lowest BCUT2D eigenvalue weighted by molar-refractivity contribution is -0.144. The van der Waals surface area contributed by atoms with Crippen molar-refractivity contribution in [3.05, 3.63) is 29.8 Å². The lowest BCUT2D eigenvalue weighted by atomic mass is 9.77. The zero-order valence-corrected chi connectivity index (χ0v) is 17.1. The first kappa shape index (κ1) is 24.7. The molecule has 1 atom stereocenters. The summed E-state index contributed by atoms with van der Waals surface area (Å²) in [6.45, 7) is 11.9. The van der Waals surface area contributed by atoms with Gasteiger partial charge in [-0.05, 0) is 31.8 Å². The number of hydrazine groups is 1. The highest BCUT2D eigenvalue weighted by molar-refractivity contribution is 5.76. The summed E-state index contributed by atoms with van der Waals surface area (Å²) in [5.74, 6) is -0.814. The van der Waals surface area contributed by atoms with E-state index in [1.165, 1.54) is 0 Å². The Bertz CT molecular complexity index is 471. The number of anilines is 1. The molecular formula is C19H37N3O2. The summed E-state index contributed by atoms with van der Waals surface area (Å²) in [7, 11) is 7.42. The van der Waals surface area contributed by atoms with E-state index < -0.39 is 17.4 Å². The van der Waals surface area contributed by atoms with Gasteiger partial charge in [0, 0.05) is 25.2 Å². The van der Waals surface area contributed by atoms with Crippen molar-refractivity contribution < 1.29 is 9.90 Å². The Labute approximate surface area is 148 Å². The van der Waals surface area contributed by atoms with Gasteiger partial charge in [0.2, 0.25) is 0 Å². The van der Waals surface area contributed by atoms with Crippen LogP contribution in [0.1, 0.15) is 47.1 Å². The van der Waals surface area contributed by atoms with Gasteiger partial charge in [0.1, 0.15) is 6.04 Å². The van der Waals surface area contributed by atoms with Crippen LogP contribution in [-0.4, -0.2) is 55.2 Å². The van der Waals surface area contributed by atoms with E-state index in [0.29, 0.717) is 0 Å². The Morgan fingerprint density at radius 2 is 1.58 bits per heavy atom. The van der Waals surface area contributed by atoms with Crippen LogP contribution in [0.4, 0.5) is 5.69 Å². The van der Waals surface area contributed by atoms with Crippen LogP contribution in [0, 0.1) is 0 Å². The molecule has 0 spiro atoms. The zero-order chi connectivity index (χ0) is 19.5. The van der Waals surface area contributed by atoms with Gasteiger partial charge in [0.25, 0.3) is 0 Å². The minimum atomic E-state index is -0.814. The van der Waals surface area contributed by atoms with Crippen LogP contribution in [0.2, 0.25) is 0 Å². The molecule has 0 fully saturated rings. The monoisotopic (exact) mass is 339 g/mol. The van der Waals surface area contributed by atoms with Gasteiger partial charge in [0.05, 0.1) is 0 Å². The SMILES string of the molecule is CC.CC.CN(C)Nc1cccc(C(C)(C)C(C(=O)O)N(C)C)c1. The number of hydrogen-bond donors (Lipinski definition) is 2. The standard InChI is InChI=1S/C15H25N3O2.2C2H6/c1-15(2,13(14(19)20)17(3)4)11-8-7-9-12(10-11)16-18(5)6;2*1-2/h7-10,13,16H,1-6H3,(H,19,20);2*1-2H3. The molecule has 1 rings (SSSR count). The number of carboxylic acids is 1. The van der Waals surface area contributed by atoms with Gasteiger partial charge in [-0.3, -0.25) is 9.69 Å². The molecule has 5 heteroatoms. The van der Waals surface area contributed by atoms with Crippen molar-refractivity contribution in [1.29, 1.82) is 0 Å². The van der Waals surface area contributed by atoms with E-state index in [-0.39, 0.29) is 0 Å². The topological polar surface area (TPSA) is 55.8 Å². The molecule has 0 radical (unpaired) electrons. The molecule has 0 amide bonds. The van der Waals surface area contributed by atoms with E-state index in [1.54, 1.807) is 19.0 Å². The van der Waals surface area contributed by atoms with Gasteiger partial charge in [0.15, 0.2) is 0 Å². The zero-order valence-electron chi connectivity index (χ0n) is 17.1. The molecule has 0 heterocycles. The summed E-state index contributed by atoms with van der Waals surface area (Å²) in [6.07, 6.45) is 0. The van der Waals surface area contributed by atoms with Gasteiger partial charge >= 0.3 is 5.97 Å². The number of hydrogen-bond acceptors (Lipinski definition) is 4. The predicted octanol–water partition coefficient (Wildman–Crippen LogP) is 3.92. The summed E-state index contributed by atoms with van der Waals surface area (Å²) in [6, 6.07) is 7.29. The fraction of sp³-hybridized carbons (Fsp3) is 0.632.